The number of aromatic nitrogens is 4. The maximum atomic E-state index is 5.91. The van der Waals surface area contributed by atoms with Gasteiger partial charge >= 0.3 is 0 Å². The van der Waals surface area contributed by atoms with Crippen molar-refractivity contribution in [2.75, 3.05) is 19.5 Å². The molecule has 0 aliphatic rings. The zero-order valence-electron chi connectivity index (χ0n) is 16.2. The van der Waals surface area contributed by atoms with E-state index in [-0.39, 0.29) is 0 Å². The highest BCUT2D eigenvalue weighted by molar-refractivity contribution is 7.99. The lowest BCUT2D eigenvalue weighted by molar-refractivity contribution is 0.344. The molecular formula is C22H19ClN4O2S. The minimum atomic E-state index is 0.534. The Morgan fingerprint density at radius 1 is 0.900 bits per heavy atom. The van der Waals surface area contributed by atoms with Crippen molar-refractivity contribution in [1.82, 2.24) is 19.7 Å². The van der Waals surface area contributed by atoms with Crippen LogP contribution >= 0.6 is 23.4 Å². The van der Waals surface area contributed by atoms with Gasteiger partial charge in [-0.05, 0) is 60.7 Å². The van der Waals surface area contributed by atoms with E-state index >= 15 is 0 Å². The van der Waals surface area contributed by atoms with Crippen LogP contribution in [0, 0.1) is 0 Å². The van der Waals surface area contributed by atoms with Crippen LogP contribution in [0.1, 0.15) is 0 Å². The Bertz CT molecular complexity index is 1090. The summed E-state index contributed by atoms with van der Waals surface area (Å²) in [5, 5.41) is 10.3. The number of ether oxygens (including phenoxy) is 2. The van der Waals surface area contributed by atoms with E-state index in [1.165, 1.54) is 0 Å². The Balaban J connectivity index is 1.54. The number of hydrogen-bond acceptors (Lipinski definition) is 6. The third-order valence-electron chi connectivity index (χ3n) is 4.30. The number of benzene rings is 2. The van der Waals surface area contributed by atoms with Crippen LogP contribution in [-0.2, 0) is 0 Å². The van der Waals surface area contributed by atoms with E-state index in [9.17, 15) is 0 Å². The summed E-state index contributed by atoms with van der Waals surface area (Å²) in [6.45, 7) is 0.534. The van der Waals surface area contributed by atoms with Crippen LogP contribution in [-0.4, -0.2) is 39.2 Å². The van der Waals surface area contributed by atoms with Gasteiger partial charge in [0.25, 0.3) is 0 Å². The fourth-order valence-corrected chi connectivity index (χ4v) is 3.73. The van der Waals surface area contributed by atoms with E-state index < -0.39 is 0 Å². The summed E-state index contributed by atoms with van der Waals surface area (Å²) in [4.78, 5) is 4.09. The number of thioether (sulfide) groups is 1. The van der Waals surface area contributed by atoms with Gasteiger partial charge in [-0.1, -0.05) is 23.4 Å². The average molecular weight is 439 g/mol. The fourth-order valence-electron chi connectivity index (χ4n) is 2.84. The number of nitrogens with zero attached hydrogens (tertiary/aromatic N) is 4. The summed E-state index contributed by atoms with van der Waals surface area (Å²) in [7, 11) is 1.65. The first kappa shape index (κ1) is 20.3. The first-order valence-corrected chi connectivity index (χ1v) is 10.6. The largest absolute Gasteiger partial charge is 0.497 e. The summed E-state index contributed by atoms with van der Waals surface area (Å²) in [6, 6.07) is 19.0. The summed E-state index contributed by atoms with van der Waals surface area (Å²) >= 11 is 7.49. The predicted molar refractivity (Wildman–Crippen MR) is 119 cm³/mol. The molecule has 0 spiro atoms. The van der Waals surface area contributed by atoms with Crippen LogP contribution < -0.4 is 9.47 Å². The molecule has 152 valence electrons. The molecule has 0 aliphatic heterocycles. The van der Waals surface area contributed by atoms with Crippen LogP contribution in [0.5, 0.6) is 11.5 Å². The monoisotopic (exact) mass is 438 g/mol. The van der Waals surface area contributed by atoms with E-state index in [0.29, 0.717) is 17.4 Å². The van der Waals surface area contributed by atoms with Gasteiger partial charge in [0.05, 0.1) is 13.7 Å². The lowest BCUT2D eigenvalue weighted by atomic mass is 10.2. The van der Waals surface area contributed by atoms with Gasteiger partial charge in [-0.2, -0.15) is 0 Å². The molecule has 4 aromatic rings. The van der Waals surface area contributed by atoms with Gasteiger partial charge in [0.15, 0.2) is 11.0 Å². The Morgan fingerprint density at radius 3 is 2.30 bits per heavy atom. The van der Waals surface area contributed by atoms with Crippen molar-refractivity contribution in [2.24, 2.45) is 0 Å². The molecule has 0 saturated carbocycles. The Morgan fingerprint density at radius 2 is 1.60 bits per heavy atom. The minimum Gasteiger partial charge on any atom is -0.497 e. The number of hydrogen-bond donors (Lipinski definition) is 0. The second-order valence-corrected chi connectivity index (χ2v) is 7.72. The van der Waals surface area contributed by atoms with E-state index in [4.69, 9.17) is 21.1 Å². The number of rotatable bonds is 8. The van der Waals surface area contributed by atoms with Gasteiger partial charge in [0.2, 0.25) is 0 Å². The summed E-state index contributed by atoms with van der Waals surface area (Å²) < 4.78 is 13.1. The molecule has 0 unspecified atom stereocenters. The molecule has 0 aliphatic carbocycles. The molecule has 0 N–H and O–H groups in total. The Labute approximate surface area is 183 Å². The molecule has 8 heteroatoms. The normalized spacial score (nSPS) is 10.7. The highest BCUT2D eigenvalue weighted by Crippen LogP contribution is 2.28. The van der Waals surface area contributed by atoms with Crippen molar-refractivity contribution in [3.05, 3.63) is 78.1 Å². The topological polar surface area (TPSA) is 62.1 Å². The zero-order valence-corrected chi connectivity index (χ0v) is 17.8. The highest BCUT2D eigenvalue weighted by Gasteiger charge is 2.16. The number of pyridine rings is 1. The first-order chi connectivity index (χ1) is 14.7. The quantitative estimate of drug-likeness (QED) is 0.279. The first-order valence-electron chi connectivity index (χ1n) is 9.26. The van der Waals surface area contributed by atoms with Crippen molar-refractivity contribution >= 4 is 23.4 Å². The lowest BCUT2D eigenvalue weighted by Crippen LogP contribution is -2.03. The molecule has 0 fully saturated rings. The third-order valence-corrected chi connectivity index (χ3v) is 5.44. The van der Waals surface area contributed by atoms with Crippen molar-refractivity contribution in [2.45, 2.75) is 5.16 Å². The van der Waals surface area contributed by atoms with E-state index in [1.807, 2.05) is 65.2 Å². The van der Waals surface area contributed by atoms with Crippen LogP contribution in [0.25, 0.3) is 17.1 Å². The third kappa shape index (κ3) is 4.75. The maximum absolute atomic E-state index is 5.91. The van der Waals surface area contributed by atoms with Crippen LogP contribution in [0.3, 0.4) is 0 Å². The van der Waals surface area contributed by atoms with Crippen molar-refractivity contribution < 1.29 is 9.47 Å². The molecule has 2 aromatic carbocycles. The zero-order chi connectivity index (χ0) is 20.8. The van der Waals surface area contributed by atoms with Crippen LogP contribution in [0.15, 0.2) is 78.2 Å². The van der Waals surface area contributed by atoms with Crippen molar-refractivity contribution in [3.63, 3.8) is 0 Å². The molecule has 2 heterocycles. The van der Waals surface area contributed by atoms with E-state index in [0.717, 1.165) is 33.7 Å². The van der Waals surface area contributed by atoms with Gasteiger partial charge in [0.1, 0.15) is 11.5 Å². The van der Waals surface area contributed by atoms with Gasteiger partial charge in [-0.25, -0.2) is 0 Å². The highest BCUT2D eigenvalue weighted by atomic mass is 35.5. The predicted octanol–water partition coefficient (Wildman–Crippen LogP) is 5.16. The Kier molecular flexibility index (Phi) is 6.51. The maximum Gasteiger partial charge on any atom is 0.196 e. The Hall–Kier alpha value is -3.03. The van der Waals surface area contributed by atoms with Gasteiger partial charge in [0, 0.05) is 34.4 Å². The minimum absolute atomic E-state index is 0.534. The second kappa shape index (κ2) is 9.65. The fraction of sp³-hybridized carbons (Fsp3) is 0.136. The lowest BCUT2D eigenvalue weighted by Gasteiger charge is -2.11. The second-order valence-electron chi connectivity index (χ2n) is 6.23. The molecule has 0 saturated heterocycles. The average Bonchev–Trinajstić information content (AvgIpc) is 3.22. The SMILES string of the molecule is COc1ccc(-n2c(SCCOc3ccc(Cl)cc3)nnc2-c2ccncc2)cc1. The summed E-state index contributed by atoms with van der Waals surface area (Å²) in [5.74, 6) is 3.05. The van der Waals surface area contributed by atoms with Gasteiger partial charge < -0.3 is 9.47 Å². The van der Waals surface area contributed by atoms with E-state index in [1.54, 1.807) is 31.3 Å². The standard InChI is InChI=1S/C22H19ClN4O2S/c1-28-19-8-4-18(5-9-19)27-21(16-10-12-24-13-11-16)25-26-22(27)30-15-14-29-20-6-2-17(23)3-7-20/h2-13H,14-15H2,1H3. The molecule has 6 nitrogen and oxygen atoms in total. The van der Waals surface area contributed by atoms with Gasteiger partial charge in [-0.15, -0.1) is 10.2 Å². The number of methoxy groups -OCH3 is 1. The van der Waals surface area contributed by atoms with Crippen molar-refractivity contribution in [1.29, 1.82) is 0 Å². The smallest absolute Gasteiger partial charge is 0.196 e. The summed E-state index contributed by atoms with van der Waals surface area (Å²) in [6.07, 6.45) is 3.49. The molecule has 0 bridgehead atoms. The number of halogens is 1. The van der Waals surface area contributed by atoms with Crippen LogP contribution in [0.2, 0.25) is 5.02 Å². The molecule has 0 amide bonds. The van der Waals surface area contributed by atoms with Crippen LogP contribution in [0.4, 0.5) is 0 Å². The summed E-state index contributed by atoms with van der Waals surface area (Å²) in [5.41, 5.74) is 1.89. The molecular weight excluding hydrogens is 420 g/mol. The molecule has 4 rings (SSSR count). The molecule has 0 atom stereocenters. The molecule has 0 radical (unpaired) electrons. The van der Waals surface area contributed by atoms with Gasteiger partial charge in [-0.3, -0.25) is 9.55 Å². The van der Waals surface area contributed by atoms with E-state index in [2.05, 4.69) is 15.2 Å². The molecule has 2 aromatic heterocycles. The molecule has 30 heavy (non-hydrogen) atoms. The van der Waals surface area contributed by atoms with Crippen molar-refractivity contribution in [3.8, 4) is 28.6 Å².